The molecular formula is C14H17N3O3. The maximum absolute atomic E-state index is 11.0. The highest BCUT2D eigenvalue weighted by atomic mass is 16.5. The highest BCUT2D eigenvalue weighted by molar-refractivity contribution is 5.92. The van der Waals surface area contributed by atoms with Gasteiger partial charge in [0, 0.05) is 13.2 Å². The highest BCUT2D eigenvalue weighted by Gasteiger charge is 2.15. The van der Waals surface area contributed by atoms with E-state index in [9.17, 15) is 4.79 Å². The molecule has 0 aliphatic carbocycles. The first kappa shape index (κ1) is 13.1. The van der Waals surface area contributed by atoms with Crippen LogP contribution in [0.5, 0.6) is 0 Å². The van der Waals surface area contributed by atoms with Crippen molar-refractivity contribution in [2.24, 2.45) is 0 Å². The summed E-state index contributed by atoms with van der Waals surface area (Å²) in [6, 6.07) is 4.87. The lowest BCUT2D eigenvalue weighted by atomic mass is 10.1. The molecule has 2 aromatic rings. The van der Waals surface area contributed by atoms with Crippen molar-refractivity contribution in [2.75, 3.05) is 6.61 Å². The van der Waals surface area contributed by atoms with E-state index in [0.717, 1.165) is 36.9 Å². The van der Waals surface area contributed by atoms with Gasteiger partial charge in [-0.3, -0.25) is 0 Å². The molecule has 1 atom stereocenters. The van der Waals surface area contributed by atoms with E-state index in [1.807, 2.05) is 0 Å². The summed E-state index contributed by atoms with van der Waals surface area (Å²) in [6.45, 7) is 1.54. The molecule has 6 nitrogen and oxygen atoms in total. The Morgan fingerprint density at radius 3 is 3.10 bits per heavy atom. The minimum Gasteiger partial charge on any atom is -0.478 e. The molecule has 0 saturated carbocycles. The number of carbonyl (C=O) groups is 1. The quantitative estimate of drug-likeness (QED) is 0.924. The number of fused-ring (bicyclic) bond motifs is 1. The van der Waals surface area contributed by atoms with Crippen LogP contribution in [0.2, 0.25) is 0 Å². The molecule has 1 N–H and O–H groups in total. The predicted octanol–water partition coefficient (Wildman–Crippen LogP) is 2.09. The Balaban J connectivity index is 1.76. The number of carboxylic acid groups (broad SMARTS) is 1. The molecule has 3 rings (SSSR count). The fourth-order valence-electron chi connectivity index (χ4n) is 2.56. The van der Waals surface area contributed by atoms with Gasteiger partial charge in [-0.25, -0.2) is 9.48 Å². The van der Waals surface area contributed by atoms with Crippen LogP contribution in [0.25, 0.3) is 11.0 Å². The van der Waals surface area contributed by atoms with Crippen molar-refractivity contribution in [2.45, 2.75) is 38.3 Å². The molecule has 2 heterocycles. The van der Waals surface area contributed by atoms with Gasteiger partial charge < -0.3 is 9.84 Å². The number of ether oxygens (including phenoxy) is 1. The molecule has 1 aromatic heterocycles. The van der Waals surface area contributed by atoms with Gasteiger partial charge in [0.2, 0.25) is 0 Å². The Labute approximate surface area is 116 Å². The number of benzene rings is 1. The fraction of sp³-hybridized carbons (Fsp3) is 0.500. The predicted molar refractivity (Wildman–Crippen MR) is 72.7 cm³/mol. The van der Waals surface area contributed by atoms with Crippen molar-refractivity contribution in [3.05, 3.63) is 23.8 Å². The van der Waals surface area contributed by atoms with Crippen LogP contribution in [-0.2, 0) is 11.3 Å². The molecular weight excluding hydrogens is 258 g/mol. The van der Waals surface area contributed by atoms with Crippen molar-refractivity contribution in [1.82, 2.24) is 15.0 Å². The van der Waals surface area contributed by atoms with E-state index < -0.39 is 5.97 Å². The zero-order valence-electron chi connectivity index (χ0n) is 11.2. The summed E-state index contributed by atoms with van der Waals surface area (Å²) in [5.74, 6) is -0.935. The van der Waals surface area contributed by atoms with Crippen molar-refractivity contribution >= 4 is 17.0 Å². The average Bonchev–Trinajstić information content (AvgIpc) is 2.88. The van der Waals surface area contributed by atoms with Crippen LogP contribution in [0.3, 0.4) is 0 Å². The number of carboxylic acids is 1. The maximum atomic E-state index is 11.0. The summed E-state index contributed by atoms with van der Waals surface area (Å²) < 4.78 is 7.46. The second-order valence-electron chi connectivity index (χ2n) is 5.10. The average molecular weight is 275 g/mol. The molecule has 106 valence electrons. The van der Waals surface area contributed by atoms with Gasteiger partial charge >= 0.3 is 5.97 Å². The molecule has 0 amide bonds. The van der Waals surface area contributed by atoms with Gasteiger partial charge in [-0.2, -0.15) is 0 Å². The number of aryl methyl sites for hydroxylation is 1. The largest absolute Gasteiger partial charge is 0.478 e. The molecule has 20 heavy (non-hydrogen) atoms. The minimum absolute atomic E-state index is 0.259. The van der Waals surface area contributed by atoms with E-state index >= 15 is 0 Å². The van der Waals surface area contributed by atoms with Crippen LogP contribution < -0.4 is 0 Å². The Morgan fingerprint density at radius 1 is 1.45 bits per heavy atom. The molecule has 1 unspecified atom stereocenters. The third-order valence-corrected chi connectivity index (χ3v) is 3.70. The maximum Gasteiger partial charge on any atom is 0.335 e. The van der Waals surface area contributed by atoms with Crippen LogP contribution in [0.15, 0.2) is 18.2 Å². The topological polar surface area (TPSA) is 77.2 Å². The number of rotatable bonds is 4. The van der Waals surface area contributed by atoms with E-state index in [1.54, 1.807) is 22.9 Å². The SMILES string of the molecule is O=C(O)c1ccc2nnn(CCC3CCCCO3)c2c1. The molecule has 6 heteroatoms. The first-order valence-electron chi connectivity index (χ1n) is 6.92. The number of hydrogen-bond acceptors (Lipinski definition) is 4. The van der Waals surface area contributed by atoms with Crippen molar-refractivity contribution in [1.29, 1.82) is 0 Å². The smallest absolute Gasteiger partial charge is 0.335 e. The van der Waals surface area contributed by atoms with Gasteiger partial charge in [-0.1, -0.05) is 5.21 Å². The highest BCUT2D eigenvalue weighted by Crippen LogP contribution is 2.18. The van der Waals surface area contributed by atoms with Crippen LogP contribution in [0, 0.1) is 0 Å². The summed E-state index contributed by atoms with van der Waals surface area (Å²) in [6.07, 6.45) is 4.62. The van der Waals surface area contributed by atoms with E-state index in [0.29, 0.717) is 6.54 Å². The van der Waals surface area contributed by atoms with Crippen LogP contribution >= 0.6 is 0 Å². The Morgan fingerprint density at radius 2 is 2.35 bits per heavy atom. The third kappa shape index (κ3) is 2.65. The molecule has 0 radical (unpaired) electrons. The Bertz CT molecular complexity index is 617. The Kier molecular flexibility index (Phi) is 3.64. The van der Waals surface area contributed by atoms with E-state index in [-0.39, 0.29) is 11.7 Å². The monoisotopic (exact) mass is 275 g/mol. The summed E-state index contributed by atoms with van der Waals surface area (Å²) in [4.78, 5) is 11.0. The van der Waals surface area contributed by atoms with E-state index in [1.165, 1.54) is 6.42 Å². The molecule has 1 aliphatic heterocycles. The van der Waals surface area contributed by atoms with E-state index in [4.69, 9.17) is 9.84 Å². The minimum atomic E-state index is -0.935. The first-order valence-corrected chi connectivity index (χ1v) is 6.92. The molecule has 1 aromatic carbocycles. The molecule has 0 bridgehead atoms. The van der Waals surface area contributed by atoms with Crippen molar-refractivity contribution < 1.29 is 14.6 Å². The zero-order chi connectivity index (χ0) is 13.9. The molecule has 1 aliphatic rings. The second kappa shape index (κ2) is 5.58. The zero-order valence-corrected chi connectivity index (χ0v) is 11.2. The van der Waals surface area contributed by atoms with Crippen LogP contribution in [-0.4, -0.2) is 38.8 Å². The number of aromatic nitrogens is 3. The summed E-state index contributed by atoms with van der Waals surface area (Å²) in [5.41, 5.74) is 1.75. The summed E-state index contributed by atoms with van der Waals surface area (Å²) in [5, 5.41) is 17.2. The second-order valence-corrected chi connectivity index (χ2v) is 5.10. The lowest BCUT2D eigenvalue weighted by Gasteiger charge is -2.22. The Hall–Kier alpha value is -1.95. The summed E-state index contributed by atoms with van der Waals surface area (Å²) >= 11 is 0. The van der Waals surface area contributed by atoms with Crippen molar-refractivity contribution in [3.63, 3.8) is 0 Å². The molecule has 1 saturated heterocycles. The lowest BCUT2D eigenvalue weighted by molar-refractivity contribution is 0.00840. The lowest BCUT2D eigenvalue weighted by Crippen LogP contribution is -2.21. The summed E-state index contributed by atoms with van der Waals surface area (Å²) in [7, 11) is 0. The fourth-order valence-corrected chi connectivity index (χ4v) is 2.56. The van der Waals surface area contributed by atoms with Gasteiger partial charge in [0.25, 0.3) is 0 Å². The molecule has 1 fully saturated rings. The van der Waals surface area contributed by atoms with Gasteiger partial charge in [-0.15, -0.1) is 5.10 Å². The van der Waals surface area contributed by atoms with Gasteiger partial charge in [0.1, 0.15) is 5.52 Å². The normalized spacial score (nSPS) is 19.3. The van der Waals surface area contributed by atoms with Gasteiger partial charge in [0.15, 0.2) is 0 Å². The van der Waals surface area contributed by atoms with Gasteiger partial charge in [-0.05, 0) is 43.9 Å². The number of hydrogen-bond donors (Lipinski definition) is 1. The molecule has 0 spiro atoms. The van der Waals surface area contributed by atoms with Gasteiger partial charge in [0.05, 0.1) is 17.2 Å². The standard InChI is InChI=1S/C14H17N3O3/c18-14(19)10-4-5-12-13(9-10)17(16-15-12)7-6-11-3-1-2-8-20-11/h4-5,9,11H,1-3,6-8H2,(H,18,19). The third-order valence-electron chi connectivity index (χ3n) is 3.70. The first-order chi connectivity index (χ1) is 9.74. The number of nitrogens with zero attached hydrogens (tertiary/aromatic N) is 3. The number of aromatic carboxylic acids is 1. The van der Waals surface area contributed by atoms with E-state index in [2.05, 4.69) is 10.3 Å². The van der Waals surface area contributed by atoms with Crippen molar-refractivity contribution in [3.8, 4) is 0 Å². The van der Waals surface area contributed by atoms with Crippen LogP contribution in [0.1, 0.15) is 36.0 Å². The van der Waals surface area contributed by atoms with Crippen LogP contribution in [0.4, 0.5) is 0 Å².